The van der Waals surface area contributed by atoms with Crippen molar-refractivity contribution < 1.29 is 5.11 Å². The molecule has 0 amide bonds. The van der Waals surface area contributed by atoms with Gasteiger partial charge in [0.05, 0.1) is 6.61 Å². The van der Waals surface area contributed by atoms with Crippen LogP contribution in [0.15, 0.2) is 35.9 Å². The molecule has 82 valence electrons. The summed E-state index contributed by atoms with van der Waals surface area (Å²) in [5.74, 6) is 0. The molecule has 1 aromatic rings. The molecule has 0 saturated heterocycles. The van der Waals surface area contributed by atoms with E-state index in [9.17, 15) is 0 Å². The molecule has 1 rings (SSSR count). The number of allylic oxidation sites excluding steroid dienone is 1. The SMILES string of the molecule is CC(C)=CCNCc1ccc(CO)cc1. The molecule has 2 nitrogen and oxygen atoms in total. The minimum absolute atomic E-state index is 0.117. The Kier molecular flexibility index (Phi) is 5.08. The van der Waals surface area contributed by atoms with Crippen molar-refractivity contribution in [3.8, 4) is 0 Å². The zero-order valence-electron chi connectivity index (χ0n) is 9.46. The second-order valence-electron chi connectivity index (χ2n) is 3.89. The molecular formula is C13H19NO. The molecule has 0 aromatic heterocycles. The lowest BCUT2D eigenvalue weighted by molar-refractivity contribution is 0.282. The van der Waals surface area contributed by atoms with Gasteiger partial charge in [-0.15, -0.1) is 0 Å². The van der Waals surface area contributed by atoms with E-state index >= 15 is 0 Å². The molecule has 0 aliphatic carbocycles. The first-order valence-electron chi connectivity index (χ1n) is 5.25. The second-order valence-corrected chi connectivity index (χ2v) is 3.89. The fourth-order valence-corrected chi connectivity index (χ4v) is 1.26. The molecule has 0 radical (unpaired) electrons. The molecule has 1 aromatic carbocycles. The molecule has 0 aliphatic heterocycles. The second kappa shape index (κ2) is 6.38. The van der Waals surface area contributed by atoms with Gasteiger partial charge in [0.2, 0.25) is 0 Å². The van der Waals surface area contributed by atoms with Crippen LogP contribution in [0.2, 0.25) is 0 Å². The number of benzene rings is 1. The lowest BCUT2D eigenvalue weighted by Gasteiger charge is -2.03. The van der Waals surface area contributed by atoms with E-state index in [4.69, 9.17) is 5.11 Å². The predicted molar refractivity (Wildman–Crippen MR) is 63.5 cm³/mol. The first-order chi connectivity index (χ1) is 7.22. The van der Waals surface area contributed by atoms with Crippen LogP contribution in [0.1, 0.15) is 25.0 Å². The third kappa shape index (κ3) is 4.77. The molecule has 0 bridgehead atoms. The molecule has 0 saturated carbocycles. The zero-order valence-corrected chi connectivity index (χ0v) is 9.46. The van der Waals surface area contributed by atoms with E-state index < -0.39 is 0 Å². The third-order valence-corrected chi connectivity index (χ3v) is 2.19. The van der Waals surface area contributed by atoms with Crippen LogP contribution in [0, 0.1) is 0 Å². The van der Waals surface area contributed by atoms with Crippen LogP contribution in [0.25, 0.3) is 0 Å². The van der Waals surface area contributed by atoms with E-state index in [-0.39, 0.29) is 6.61 Å². The Morgan fingerprint density at radius 2 is 1.80 bits per heavy atom. The van der Waals surface area contributed by atoms with E-state index in [0.29, 0.717) is 0 Å². The highest BCUT2D eigenvalue weighted by Gasteiger charge is 1.92. The van der Waals surface area contributed by atoms with Crippen molar-refractivity contribution in [1.29, 1.82) is 0 Å². The molecule has 0 atom stereocenters. The summed E-state index contributed by atoms with van der Waals surface area (Å²) in [6, 6.07) is 8.00. The molecule has 0 aliphatic rings. The standard InChI is InChI=1S/C13H19NO/c1-11(2)7-8-14-9-12-3-5-13(10-15)6-4-12/h3-7,14-15H,8-10H2,1-2H3. The Bertz CT molecular complexity index is 310. The van der Waals surface area contributed by atoms with E-state index in [1.54, 1.807) is 0 Å². The van der Waals surface area contributed by atoms with Crippen LogP contribution < -0.4 is 5.32 Å². The maximum Gasteiger partial charge on any atom is 0.0681 e. The van der Waals surface area contributed by atoms with E-state index in [2.05, 4.69) is 25.2 Å². The Hall–Kier alpha value is -1.12. The lowest BCUT2D eigenvalue weighted by atomic mass is 10.1. The van der Waals surface area contributed by atoms with Gasteiger partial charge in [0, 0.05) is 13.1 Å². The molecule has 0 spiro atoms. The number of aliphatic hydroxyl groups excluding tert-OH is 1. The van der Waals surface area contributed by atoms with Crippen molar-refractivity contribution in [2.45, 2.75) is 27.0 Å². The van der Waals surface area contributed by atoms with Crippen molar-refractivity contribution >= 4 is 0 Å². The van der Waals surface area contributed by atoms with Crippen LogP contribution >= 0.6 is 0 Å². The Labute approximate surface area is 91.6 Å². The fraction of sp³-hybridized carbons (Fsp3) is 0.385. The fourth-order valence-electron chi connectivity index (χ4n) is 1.26. The molecule has 2 N–H and O–H groups in total. The van der Waals surface area contributed by atoms with Crippen molar-refractivity contribution in [3.05, 3.63) is 47.0 Å². The van der Waals surface area contributed by atoms with Gasteiger partial charge < -0.3 is 10.4 Å². The van der Waals surface area contributed by atoms with Gasteiger partial charge in [-0.3, -0.25) is 0 Å². The maximum atomic E-state index is 8.88. The summed E-state index contributed by atoms with van der Waals surface area (Å²) in [4.78, 5) is 0. The Morgan fingerprint density at radius 3 is 2.33 bits per heavy atom. The van der Waals surface area contributed by atoms with Crippen LogP contribution in [-0.2, 0) is 13.2 Å². The Morgan fingerprint density at radius 1 is 1.20 bits per heavy atom. The number of nitrogens with one attached hydrogen (secondary N) is 1. The minimum atomic E-state index is 0.117. The first-order valence-corrected chi connectivity index (χ1v) is 5.25. The minimum Gasteiger partial charge on any atom is -0.392 e. The predicted octanol–water partition coefficient (Wildman–Crippen LogP) is 2.23. The van der Waals surface area contributed by atoms with Crippen molar-refractivity contribution in [2.24, 2.45) is 0 Å². The number of hydrogen-bond donors (Lipinski definition) is 2. The topological polar surface area (TPSA) is 32.3 Å². The number of aliphatic hydroxyl groups is 1. The summed E-state index contributed by atoms with van der Waals surface area (Å²) in [6.45, 7) is 6.08. The van der Waals surface area contributed by atoms with Gasteiger partial charge in [-0.1, -0.05) is 35.9 Å². The number of rotatable bonds is 5. The maximum absolute atomic E-state index is 8.88. The van der Waals surface area contributed by atoms with Gasteiger partial charge in [0.15, 0.2) is 0 Å². The van der Waals surface area contributed by atoms with Gasteiger partial charge in [-0.05, 0) is 25.0 Å². The molecule has 0 fully saturated rings. The molecule has 15 heavy (non-hydrogen) atoms. The molecular weight excluding hydrogens is 186 g/mol. The van der Waals surface area contributed by atoms with Crippen molar-refractivity contribution in [2.75, 3.05) is 6.54 Å². The monoisotopic (exact) mass is 205 g/mol. The molecule has 0 unspecified atom stereocenters. The van der Waals surface area contributed by atoms with Gasteiger partial charge in [0.1, 0.15) is 0 Å². The third-order valence-electron chi connectivity index (χ3n) is 2.19. The number of hydrogen-bond acceptors (Lipinski definition) is 2. The van der Waals surface area contributed by atoms with E-state index in [0.717, 1.165) is 18.7 Å². The van der Waals surface area contributed by atoms with Gasteiger partial charge >= 0.3 is 0 Å². The van der Waals surface area contributed by atoms with E-state index in [1.807, 2.05) is 24.3 Å². The summed E-state index contributed by atoms with van der Waals surface area (Å²) in [7, 11) is 0. The van der Waals surface area contributed by atoms with Gasteiger partial charge in [0.25, 0.3) is 0 Å². The average molecular weight is 205 g/mol. The normalized spacial score (nSPS) is 10.1. The summed E-state index contributed by atoms with van der Waals surface area (Å²) in [5.41, 5.74) is 3.54. The summed E-state index contributed by atoms with van der Waals surface area (Å²) < 4.78 is 0. The summed E-state index contributed by atoms with van der Waals surface area (Å²) >= 11 is 0. The average Bonchev–Trinajstić information content (AvgIpc) is 2.25. The van der Waals surface area contributed by atoms with Crippen LogP contribution in [-0.4, -0.2) is 11.7 Å². The van der Waals surface area contributed by atoms with Gasteiger partial charge in [-0.25, -0.2) is 0 Å². The summed E-state index contributed by atoms with van der Waals surface area (Å²) in [5, 5.41) is 12.2. The molecule has 0 heterocycles. The smallest absolute Gasteiger partial charge is 0.0681 e. The van der Waals surface area contributed by atoms with Crippen LogP contribution in [0.3, 0.4) is 0 Å². The first kappa shape index (κ1) is 12.0. The van der Waals surface area contributed by atoms with Crippen LogP contribution in [0.4, 0.5) is 0 Å². The highest BCUT2D eigenvalue weighted by Crippen LogP contribution is 2.03. The van der Waals surface area contributed by atoms with Crippen molar-refractivity contribution in [1.82, 2.24) is 5.32 Å². The van der Waals surface area contributed by atoms with E-state index in [1.165, 1.54) is 11.1 Å². The summed E-state index contributed by atoms with van der Waals surface area (Å²) in [6.07, 6.45) is 2.17. The highest BCUT2D eigenvalue weighted by atomic mass is 16.3. The van der Waals surface area contributed by atoms with Gasteiger partial charge in [-0.2, -0.15) is 0 Å². The lowest BCUT2D eigenvalue weighted by Crippen LogP contribution is -2.13. The highest BCUT2D eigenvalue weighted by molar-refractivity contribution is 5.21. The largest absolute Gasteiger partial charge is 0.392 e. The Balaban J connectivity index is 2.35. The van der Waals surface area contributed by atoms with Crippen LogP contribution in [0.5, 0.6) is 0 Å². The quantitative estimate of drug-likeness (QED) is 0.570. The van der Waals surface area contributed by atoms with Crippen molar-refractivity contribution in [3.63, 3.8) is 0 Å². The zero-order chi connectivity index (χ0) is 11.1. The molecule has 2 heteroatoms.